The number of aromatic nitrogens is 1. The molecule has 4 amide bonds. The van der Waals surface area contributed by atoms with E-state index >= 15 is 0 Å². The van der Waals surface area contributed by atoms with Crippen LogP contribution in [0.15, 0.2) is 79.0 Å². The molecule has 1 aromatic heterocycles. The van der Waals surface area contributed by atoms with E-state index in [0.717, 1.165) is 21.6 Å². The molecule has 0 saturated heterocycles. The van der Waals surface area contributed by atoms with Gasteiger partial charge in [0.15, 0.2) is 5.82 Å². The molecule has 0 aliphatic carbocycles. The summed E-state index contributed by atoms with van der Waals surface area (Å²) in [7, 11) is 0. The summed E-state index contributed by atoms with van der Waals surface area (Å²) in [5.41, 5.74) is 1.85. The summed E-state index contributed by atoms with van der Waals surface area (Å²) >= 11 is 0. The Morgan fingerprint density at radius 1 is 0.880 bits per heavy atom. The van der Waals surface area contributed by atoms with E-state index in [0.29, 0.717) is 28.6 Å². The van der Waals surface area contributed by atoms with Crippen molar-refractivity contribution in [1.82, 2.24) is 10.3 Å². The first-order valence-electron chi connectivity index (χ1n) is 16.4. The van der Waals surface area contributed by atoms with Gasteiger partial charge in [-0.2, -0.15) is 4.90 Å². The highest BCUT2D eigenvalue weighted by Gasteiger charge is 2.34. The van der Waals surface area contributed by atoms with E-state index in [-0.39, 0.29) is 24.4 Å². The lowest BCUT2D eigenvalue weighted by molar-refractivity contribution is -0.122. The Hall–Kier alpha value is -5.65. The van der Waals surface area contributed by atoms with Crippen LogP contribution < -0.4 is 20.9 Å². The second-order valence-electron chi connectivity index (χ2n) is 14.1. The van der Waals surface area contributed by atoms with Crippen molar-refractivity contribution in [2.24, 2.45) is 0 Å². The number of imide groups is 1. The highest BCUT2D eigenvalue weighted by Crippen LogP contribution is 2.31. The second kappa shape index (κ2) is 14.5. The van der Waals surface area contributed by atoms with Gasteiger partial charge in [0, 0.05) is 35.9 Å². The van der Waals surface area contributed by atoms with Crippen molar-refractivity contribution in [3.05, 3.63) is 95.7 Å². The lowest BCUT2D eigenvalue weighted by Crippen LogP contribution is -2.44. The maximum absolute atomic E-state index is 13.8. The van der Waals surface area contributed by atoms with Crippen LogP contribution in [-0.2, 0) is 32.0 Å². The molecule has 2 aliphatic rings. The van der Waals surface area contributed by atoms with E-state index in [1.807, 2.05) is 43.3 Å². The third-order valence-electron chi connectivity index (χ3n) is 7.47. The minimum absolute atomic E-state index is 0.0484. The molecule has 0 spiro atoms. The number of fused-ring (bicyclic) bond motifs is 10. The molecule has 6 rings (SSSR count). The minimum Gasteiger partial charge on any atom is -0.446 e. The molecule has 3 aromatic carbocycles. The molecule has 12 heteroatoms. The van der Waals surface area contributed by atoms with Gasteiger partial charge in [-0.3, -0.25) is 10.1 Å². The van der Waals surface area contributed by atoms with E-state index in [4.69, 9.17) is 14.2 Å². The highest BCUT2D eigenvalue weighted by atomic mass is 16.6. The molecule has 50 heavy (non-hydrogen) atoms. The van der Waals surface area contributed by atoms with Crippen LogP contribution in [0.1, 0.15) is 71.2 Å². The highest BCUT2D eigenvalue weighted by molar-refractivity contribution is 6.14. The Labute approximate surface area is 291 Å². The topological polar surface area (TPSA) is 148 Å². The molecule has 2 aliphatic heterocycles. The molecule has 0 fully saturated rings. The molecular formula is C38H43N5O7. The maximum atomic E-state index is 13.8. The normalized spacial score (nSPS) is 16.9. The molecule has 3 N–H and O–H groups in total. The van der Waals surface area contributed by atoms with Gasteiger partial charge in [0.1, 0.15) is 23.3 Å². The van der Waals surface area contributed by atoms with Crippen LogP contribution in [0.5, 0.6) is 0 Å². The van der Waals surface area contributed by atoms with Gasteiger partial charge >= 0.3 is 18.3 Å². The molecule has 3 heterocycles. The Bertz CT molecular complexity index is 1870. The van der Waals surface area contributed by atoms with Crippen LogP contribution in [0, 0.1) is 0 Å². The number of anilines is 3. The Kier molecular flexibility index (Phi) is 10.3. The summed E-state index contributed by atoms with van der Waals surface area (Å²) < 4.78 is 16.7. The number of amides is 4. The van der Waals surface area contributed by atoms with Crippen molar-refractivity contribution in [2.75, 3.05) is 15.5 Å². The largest absolute Gasteiger partial charge is 0.446 e. The molecule has 4 aromatic rings. The summed E-state index contributed by atoms with van der Waals surface area (Å²) in [6, 6.07) is 21.0. The zero-order chi connectivity index (χ0) is 36.2. The van der Waals surface area contributed by atoms with Gasteiger partial charge in [0.05, 0.1) is 0 Å². The number of rotatable bonds is 3. The standard InChI is InChI=1S/C38H43N5O7/c1-23-19-24-11-13-26(14-12-24)31(33(44)40-22-25-9-8-10-28(20-25)42-34(45)48-23)41-29-15-16-30-27(21-29)17-18-39-32(30)43(35(46)49-37(2,3)4)36(47)50-38(5,6)7/h8-18,20-21,23,31,41H,19,22H2,1-7H3,(H,40,44)(H,42,45). The summed E-state index contributed by atoms with van der Waals surface area (Å²) in [4.78, 5) is 58.2. The molecule has 4 bridgehead atoms. The first kappa shape index (κ1) is 35.7. The third-order valence-corrected chi connectivity index (χ3v) is 7.47. The Morgan fingerprint density at radius 2 is 1.56 bits per heavy atom. The first-order chi connectivity index (χ1) is 23.5. The number of nitrogens with one attached hydrogen (secondary N) is 3. The van der Waals surface area contributed by atoms with Gasteiger partial charge in [0.2, 0.25) is 5.91 Å². The van der Waals surface area contributed by atoms with Crippen LogP contribution in [0.3, 0.4) is 0 Å². The van der Waals surface area contributed by atoms with Gasteiger partial charge in [-0.05, 0) is 107 Å². The summed E-state index contributed by atoms with van der Waals surface area (Å²) in [6.07, 6.45) is -0.798. The summed E-state index contributed by atoms with van der Waals surface area (Å²) in [5, 5.41) is 10.3. The number of pyridine rings is 1. The fourth-order valence-corrected chi connectivity index (χ4v) is 5.36. The Balaban J connectivity index is 1.48. The molecule has 262 valence electrons. The first-order valence-corrected chi connectivity index (χ1v) is 16.4. The smallest absolute Gasteiger partial charge is 0.425 e. The van der Waals surface area contributed by atoms with Gasteiger partial charge in [-0.15, -0.1) is 0 Å². The van der Waals surface area contributed by atoms with Crippen molar-refractivity contribution in [2.45, 2.75) is 84.8 Å². The van der Waals surface area contributed by atoms with Crippen LogP contribution in [0.25, 0.3) is 10.8 Å². The van der Waals surface area contributed by atoms with E-state index < -0.39 is 35.5 Å². The molecule has 2 atom stereocenters. The fourth-order valence-electron chi connectivity index (χ4n) is 5.36. The molecule has 0 radical (unpaired) electrons. The molecule has 0 saturated carbocycles. The van der Waals surface area contributed by atoms with Crippen LogP contribution in [0.2, 0.25) is 0 Å². The SMILES string of the molecule is CC1Cc2ccc(cc2)C(Nc2ccc3c(N(C(=O)OC(C)(C)C)C(=O)OC(C)(C)C)nccc3c2)C(=O)NCc2cccc(c2)NC(=O)O1. The van der Waals surface area contributed by atoms with Crippen molar-refractivity contribution in [3.8, 4) is 0 Å². The van der Waals surface area contributed by atoms with Crippen LogP contribution >= 0.6 is 0 Å². The van der Waals surface area contributed by atoms with E-state index in [2.05, 4.69) is 20.9 Å². The lowest BCUT2D eigenvalue weighted by atomic mass is 10.0. The van der Waals surface area contributed by atoms with Crippen molar-refractivity contribution >= 4 is 52.2 Å². The fraction of sp³-hybridized carbons (Fsp3) is 0.342. The minimum atomic E-state index is -0.922. The number of hydrogen-bond acceptors (Lipinski definition) is 9. The Morgan fingerprint density at radius 3 is 2.22 bits per heavy atom. The van der Waals surface area contributed by atoms with Crippen molar-refractivity contribution in [1.29, 1.82) is 0 Å². The number of carbonyl (C=O) groups excluding carboxylic acids is 4. The zero-order valence-electron chi connectivity index (χ0n) is 29.3. The van der Waals surface area contributed by atoms with Crippen molar-refractivity contribution in [3.63, 3.8) is 0 Å². The lowest BCUT2D eigenvalue weighted by Gasteiger charge is -2.28. The van der Waals surface area contributed by atoms with Crippen LogP contribution in [-0.4, -0.2) is 46.5 Å². The zero-order valence-corrected chi connectivity index (χ0v) is 29.3. The van der Waals surface area contributed by atoms with E-state index in [9.17, 15) is 19.2 Å². The predicted octanol–water partition coefficient (Wildman–Crippen LogP) is 7.87. The summed E-state index contributed by atoms with van der Waals surface area (Å²) in [6.45, 7) is 12.3. The van der Waals surface area contributed by atoms with Gasteiger partial charge in [-0.1, -0.05) is 36.4 Å². The molecule has 12 nitrogen and oxygen atoms in total. The van der Waals surface area contributed by atoms with Gasteiger partial charge in [0.25, 0.3) is 0 Å². The number of carbonyl (C=O) groups is 4. The number of ether oxygens (including phenoxy) is 3. The average Bonchev–Trinajstić information content (AvgIpc) is 3.01. The summed E-state index contributed by atoms with van der Waals surface area (Å²) in [5.74, 6) is -0.222. The predicted molar refractivity (Wildman–Crippen MR) is 191 cm³/mol. The third kappa shape index (κ3) is 9.28. The van der Waals surface area contributed by atoms with E-state index in [1.54, 1.807) is 77.9 Å². The monoisotopic (exact) mass is 681 g/mol. The molecular weight excluding hydrogens is 638 g/mol. The number of hydrogen-bond donors (Lipinski definition) is 3. The molecule has 2 unspecified atom stereocenters. The van der Waals surface area contributed by atoms with Gasteiger partial charge in [-0.25, -0.2) is 19.4 Å². The second-order valence-corrected chi connectivity index (χ2v) is 14.1. The quantitative estimate of drug-likeness (QED) is 0.184. The van der Waals surface area contributed by atoms with Gasteiger partial charge < -0.3 is 24.8 Å². The number of nitrogens with zero attached hydrogens (tertiary/aromatic N) is 2. The van der Waals surface area contributed by atoms with Crippen LogP contribution in [0.4, 0.5) is 31.6 Å². The van der Waals surface area contributed by atoms with Crippen molar-refractivity contribution < 1.29 is 33.4 Å². The number of benzene rings is 3. The van der Waals surface area contributed by atoms with E-state index in [1.165, 1.54) is 6.20 Å². The maximum Gasteiger partial charge on any atom is 0.425 e. The average molecular weight is 682 g/mol.